The van der Waals surface area contributed by atoms with Crippen LogP contribution in [-0.4, -0.2) is 36.1 Å². The smallest absolute Gasteiger partial charge is 0.0306 e. The van der Waals surface area contributed by atoms with Gasteiger partial charge in [0.2, 0.25) is 0 Å². The van der Waals surface area contributed by atoms with E-state index in [1.807, 2.05) is 0 Å². The maximum atomic E-state index is 3.79. The summed E-state index contributed by atoms with van der Waals surface area (Å²) in [4.78, 5) is 2.60. The molecule has 1 atom stereocenters. The molecule has 1 unspecified atom stereocenters. The summed E-state index contributed by atoms with van der Waals surface area (Å²) in [5.74, 6) is 0. The van der Waals surface area contributed by atoms with Crippen molar-refractivity contribution in [1.82, 2.24) is 10.2 Å². The summed E-state index contributed by atoms with van der Waals surface area (Å²) in [5, 5.41) is 3.79. The maximum absolute atomic E-state index is 3.79. The third kappa shape index (κ3) is 6.76. The monoisotopic (exact) mass is 270 g/mol. The molecule has 0 radical (unpaired) electrons. The van der Waals surface area contributed by atoms with Gasteiger partial charge in [0.1, 0.15) is 0 Å². The summed E-state index contributed by atoms with van der Waals surface area (Å²) in [6.07, 6.45) is 7.98. The van der Waals surface area contributed by atoms with Crippen LogP contribution in [-0.2, 0) is 0 Å². The van der Waals surface area contributed by atoms with Gasteiger partial charge in [0.15, 0.2) is 0 Å². The highest BCUT2D eigenvalue weighted by Gasteiger charge is 2.32. The lowest BCUT2D eigenvalue weighted by atomic mass is 9.88. The molecule has 0 saturated carbocycles. The quantitative estimate of drug-likeness (QED) is 0.527. The number of nitrogens with zero attached hydrogens (tertiary/aromatic N) is 1. The van der Waals surface area contributed by atoms with E-state index in [-0.39, 0.29) is 5.54 Å². The average molecular weight is 271 g/mol. The number of unbranched alkanes of at least 4 members (excludes halogenated alkanes) is 3. The number of hydrogen-bond donors (Lipinski definition) is 1. The molecule has 2 nitrogen and oxygen atoms in total. The molecule has 0 aromatic carbocycles. The van der Waals surface area contributed by atoms with E-state index in [0.717, 1.165) is 19.6 Å². The Morgan fingerprint density at radius 2 is 1.53 bits per heavy atom. The summed E-state index contributed by atoms with van der Waals surface area (Å²) in [6.45, 7) is 17.3. The van der Waals surface area contributed by atoms with Crippen molar-refractivity contribution < 1.29 is 0 Å². The first kappa shape index (κ1) is 18.9. The third-order valence-electron chi connectivity index (χ3n) is 4.42. The largest absolute Gasteiger partial charge is 0.312 e. The Labute approximate surface area is 122 Å². The highest BCUT2D eigenvalue weighted by Crippen LogP contribution is 2.23. The second kappa shape index (κ2) is 10.7. The Kier molecular flexibility index (Phi) is 10.6. The first-order chi connectivity index (χ1) is 9.04. The summed E-state index contributed by atoms with van der Waals surface area (Å²) < 4.78 is 0. The van der Waals surface area contributed by atoms with E-state index in [1.54, 1.807) is 0 Å². The molecule has 0 rings (SSSR count). The lowest BCUT2D eigenvalue weighted by Crippen LogP contribution is -2.57. The van der Waals surface area contributed by atoms with Crippen LogP contribution in [0.4, 0.5) is 0 Å². The van der Waals surface area contributed by atoms with Crippen molar-refractivity contribution in [2.75, 3.05) is 19.6 Å². The topological polar surface area (TPSA) is 15.3 Å². The second-order valence-electron chi connectivity index (χ2n) is 6.18. The molecule has 1 N–H and O–H groups in total. The van der Waals surface area contributed by atoms with E-state index in [4.69, 9.17) is 0 Å². The van der Waals surface area contributed by atoms with Crippen molar-refractivity contribution in [3.05, 3.63) is 0 Å². The molecule has 0 aliphatic heterocycles. The molecule has 0 amide bonds. The zero-order valence-electron chi connectivity index (χ0n) is 14.4. The van der Waals surface area contributed by atoms with Crippen molar-refractivity contribution >= 4 is 0 Å². The van der Waals surface area contributed by atoms with Crippen LogP contribution < -0.4 is 5.32 Å². The molecule has 0 fully saturated rings. The predicted molar refractivity (Wildman–Crippen MR) is 87.8 cm³/mol. The van der Waals surface area contributed by atoms with E-state index in [9.17, 15) is 0 Å². The fourth-order valence-corrected chi connectivity index (χ4v) is 3.06. The van der Waals surface area contributed by atoms with Crippen molar-refractivity contribution in [3.8, 4) is 0 Å². The van der Waals surface area contributed by atoms with E-state index in [1.165, 1.54) is 38.5 Å². The van der Waals surface area contributed by atoms with E-state index in [0.29, 0.717) is 6.04 Å². The van der Waals surface area contributed by atoms with Gasteiger partial charge in [-0.3, -0.25) is 4.90 Å². The number of hydrogen-bond acceptors (Lipinski definition) is 2. The molecule has 0 saturated heterocycles. The fraction of sp³-hybridized carbons (Fsp3) is 1.00. The average Bonchev–Trinajstić information content (AvgIpc) is 2.38. The molecule has 19 heavy (non-hydrogen) atoms. The van der Waals surface area contributed by atoms with Crippen molar-refractivity contribution in [1.29, 1.82) is 0 Å². The molecule has 0 spiro atoms. The predicted octanol–water partition coefficient (Wildman–Crippen LogP) is 4.45. The number of rotatable bonds is 12. The lowest BCUT2D eigenvalue weighted by Gasteiger charge is -2.44. The summed E-state index contributed by atoms with van der Waals surface area (Å²) in [7, 11) is 0. The Balaban J connectivity index is 4.51. The van der Waals surface area contributed by atoms with Gasteiger partial charge in [0.05, 0.1) is 0 Å². The maximum Gasteiger partial charge on any atom is 0.0306 e. The SMILES string of the molecule is CCCCCCC(NCCC)C(C)(C)N(CC)CC. The van der Waals surface area contributed by atoms with Crippen LogP contribution in [0.25, 0.3) is 0 Å². The molecule has 0 aromatic heterocycles. The van der Waals surface area contributed by atoms with Crippen LogP contribution >= 0.6 is 0 Å². The Morgan fingerprint density at radius 3 is 2.00 bits per heavy atom. The number of nitrogens with one attached hydrogen (secondary N) is 1. The molecule has 0 bridgehead atoms. The molecule has 2 heteroatoms. The third-order valence-corrected chi connectivity index (χ3v) is 4.42. The minimum absolute atomic E-state index is 0.255. The van der Waals surface area contributed by atoms with Gasteiger partial charge in [-0.15, -0.1) is 0 Å². The van der Waals surface area contributed by atoms with Gasteiger partial charge in [-0.05, 0) is 46.3 Å². The van der Waals surface area contributed by atoms with Gasteiger partial charge in [-0.2, -0.15) is 0 Å². The van der Waals surface area contributed by atoms with Gasteiger partial charge in [0.25, 0.3) is 0 Å². The lowest BCUT2D eigenvalue weighted by molar-refractivity contribution is 0.0863. The standard InChI is InChI=1S/C17H38N2/c1-7-11-12-13-14-16(18-15-8-2)17(5,6)19(9-3)10-4/h16,18H,7-15H2,1-6H3. The minimum atomic E-state index is 0.255. The van der Waals surface area contributed by atoms with Crippen molar-refractivity contribution in [2.45, 2.75) is 91.6 Å². The van der Waals surface area contributed by atoms with Gasteiger partial charge in [-0.1, -0.05) is 53.4 Å². The normalized spacial score (nSPS) is 14.1. The van der Waals surface area contributed by atoms with Gasteiger partial charge in [-0.25, -0.2) is 0 Å². The van der Waals surface area contributed by atoms with Crippen LogP contribution in [0.3, 0.4) is 0 Å². The van der Waals surface area contributed by atoms with Crippen LogP contribution in [0.2, 0.25) is 0 Å². The zero-order valence-corrected chi connectivity index (χ0v) is 14.4. The van der Waals surface area contributed by atoms with Crippen molar-refractivity contribution in [3.63, 3.8) is 0 Å². The first-order valence-electron chi connectivity index (χ1n) is 8.52. The van der Waals surface area contributed by atoms with Crippen LogP contribution in [0.5, 0.6) is 0 Å². The Hall–Kier alpha value is -0.0800. The number of likely N-dealkylation sites (N-methyl/N-ethyl adjacent to an activating group) is 1. The molecule has 116 valence electrons. The second-order valence-corrected chi connectivity index (χ2v) is 6.18. The van der Waals surface area contributed by atoms with E-state index in [2.05, 4.69) is 51.8 Å². The molecule has 0 aliphatic carbocycles. The highest BCUT2D eigenvalue weighted by atomic mass is 15.2. The zero-order chi connectivity index (χ0) is 14.7. The summed E-state index contributed by atoms with van der Waals surface area (Å²) in [5.41, 5.74) is 0.255. The molecule has 0 aromatic rings. The molecular formula is C17H38N2. The van der Waals surface area contributed by atoms with E-state index >= 15 is 0 Å². The van der Waals surface area contributed by atoms with Crippen LogP contribution in [0.1, 0.15) is 80.1 Å². The van der Waals surface area contributed by atoms with Crippen LogP contribution in [0, 0.1) is 0 Å². The van der Waals surface area contributed by atoms with Gasteiger partial charge < -0.3 is 5.32 Å². The Morgan fingerprint density at radius 1 is 0.895 bits per heavy atom. The molecule has 0 heterocycles. The summed E-state index contributed by atoms with van der Waals surface area (Å²) >= 11 is 0. The highest BCUT2D eigenvalue weighted by molar-refractivity contribution is 4.92. The molecular weight excluding hydrogens is 232 g/mol. The fourth-order valence-electron chi connectivity index (χ4n) is 3.06. The van der Waals surface area contributed by atoms with Crippen LogP contribution in [0.15, 0.2) is 0 Å². The first-order valence-corrected chi connectivity index (χ1v) is 8.52. The van der Waals surface area contributed by atoms with Crippen molar-refractivity contribution in [2.24, 2.45) is 0 Å². The minimum Gasteiger partial charge on any atom is -0.312 e. The molecule has 0 aliphatic rings. The van der Waals surface area contributed by atoms with E-state index < -0.39 is 0 Å². The van der Waals surface area contributed by atoms with Gasteiger partial charge >= 0.3 is 0 Å². The Bertz CT molecular complexity index is 197. The summed E-state index contributed by atoms with van der Waals surface area (Å²) in [6, 6.07) is 0.615. The van der Waals surface area contributed by atoms with Gasteiger partial charge in [0, 0.05) is 11.6 Å².